The molecule has 0 spiro atoms. The number of nitrogens with one attached hydrogen (secondary N) is 1. The van der Waals surface area contributed by atoms with Crippen molar-refractivity contribution in [2.24, 2.45) is 17.0 Å². The van der Waals surface area contributed by atoms with Gasteiger partial charge in [-0.2, -0.15) is 0 Å². The van der Waals surface area contributed by atoms with Crippen molar-refractivity contribution in [3.63, 3.8) is 0 Å². The smallest absolute Gasteiger partial charge is 0.238 e. The average Bonchev–Trinajstić information content (AvgIpc) is 2.92. The summed E-state index contributed by atoms with van der Waals surface area (Å²) in [5.41, 5.74) is 1.64. The fourth-order valence-corrected chi connectivity index (χ4v) is 4.51. The van der Waals surface area contributed by atoms with E-state index < -0.39 is 10.0 Å². The van der Waals surface area contributed by atoms with Gasteiger partial charge in [-0.3, -0.25) is 0 Å². The Bertz CT molecular complexity index is 597. The lowest BCUT2D eigenvalue weighted by Crippen LogP contribution is -2.26. The molecule has 2 saturated carbocycles. The van der Waals surface area contributed by atoms with E-state index in [9.17, 15) is 8.42 Å². The van der Waals surface area contributed by atoms with Crippen molar-refractivity contribution in [2.45, 2.75) is 43.5 Å². The van der Waals surface area contributed by atoms with Crippen LogP contribution in [0.4, 0.5) is 5.69 Å². The van der Waals surface area contributed by atoms with Crippen LogP contribution in [-0.2, 0) is 10.0 Å². The van der Waals surface area contributed by atoms with Crippen molar-refractivity contribution in [2.75, 3.05) is 5.32 Å². The van der Waals surface area contributed by atoms with Crippen LogP contribution in [-0.4, -0.2) is 14.5 Å². The van der Waals surface area contributed by atoms with Gasteiger partial charge in [-0.15, -0.1) is 0 Å². The average molecular weight is 280 g/mol. The molecule has 3 rings (SSSR count). The Morgan fingerprint density at radius 2 is 2.05 bits per heavy atom. The van der Waals surface area contributed by atoms with Crippen LogP contribution in [0, 0.1) is 18.8 Å². The first-order valence-corrected chi connectivity index (χ1v) is 8.38. The highest BCUT2D eigenvalue weighted by atomic mass is 32.2. The van der Waals surface area contributed by atoms with E-state index in [0.717, 1.165) is 23.1 Å². The molecule has 1 aromatic rings. The Hall–Kier alpha value is -1.07. The van der Waals surface area contributed by atoms with E-state index in [4.69, 9.17) is 5.14 Å². The predicted octanol–water partition coefficient (Wildman–Crippen LogP) is 2.24. The summed E-state index contributed by atoms with van der Waals surface area (Å²) in [6.07, 6.45) is 5.20. The molecule has 2 bridgehead atoms. The molecule has 19 heavy (non-hydrogen) atoms. The van der Waals surface area contributed by atoms with E-state index in [1.807, 2.05) is 13.0 Å². The summed E-state index contributed by atoms with van der Waals surface area (Å²) in [6, 6.07) is 5.75. The Kier molecular flexibility index (Phi) is 3.06. The van der Waals surface area contributed by atoms with Crippen molar-refractivity contribution in [3.8, 4) is 0 Å². The summed E-state index contributed by atoms with van der Waals surface area (Å²) in [5, 5.41) is 8.77. The van der Waals surface area contributed by atoms with Crippen LogP contribution in [0.5, 0.6) is 0 Å². The molecule has 3 unspecified atom stereocenters. The van der Waals surface area contributed by atoms with E-state index in [-0.39, 0.29) is 4.90 Å². The maximum Gasteiger partial charge on any atom is 0.238 e. The molecule has 0 aliphatic heterocycles. The van der Waals surface area contributed by atoms with Crippen molar-refractivity contribution in [1.82, 2.24) is 0 Å². The third-order valence-electron chi connectivity index (χ3n) is 4.67. The first kappa shape index (κ1) is 12.9. The summed E-state index contributed by atoms with van der Waals surface area (Å²) in [7, 11) is -3.64. The van der Waals surface area contributed by atoms with Gasteiger partial charge in [0.15, 0.2) is 0 Å². The first-order valence-electron chi connectivity index (χ1n) is 6.84. The fourth-order valence-electron chi connectivity index (χ4n) is 3.70. The number of nitrogens with two attached hydrogens (primary N) is 1. The minimum Gasteiger partial charge on any atom is -0.382 e. The fraction of sp³-hybridized carbons (Fsp3) is 0.571. The molecule has 0 aromatic heterocycles. The predicted molar refractivity (Wildman–Crippen MR) is 75.4 cm³/mol. The molecular weight excluding hydrogens is 260 g/mol. The molecule has 3 atom stereocenters. The standard InChI is InChI=1S/C14H20N2O2S/c1-9-12(3-2-4-14(9)19(15,17)18)16-13-8-10-5-6-11(13)7-10/h2-4,10-11,13,16H,5-8H2,1H3,(H2,15,17,18). The summed E-state index contributed by atoms with van der Waals surface area (Å²) in [5.74, 6) is 1.62. The Morgan fingerprint density at radius 3 is 2.63 bits per heavy atom. The Labute approximate surface area is 114 Å². The monoisotopic (exact) mass is 280 g/mol. The molecule has 0 radical (unpaired) electrons. The molecule has 0 heterocycles. The number of benzene rings is 1. The highest BCUT2D eigenvalue weighted by molar-refractivity contribution is 7.89. The third-order valence-corrected chi connectivity index (χ3v) is 5.72. The van der Waals surface area contributed by atoms with Gasteiger partial charge in [-0.25, -0.2) is 13.6 Å². The van der Waals surface area contributed by atoms with Crippen LogP contribution in [0.25, 0.3) is 0 Å². The molecule has 0 amide bonds. The van der Waals surface area contributed by atoms with Gasteiger partial charge in [0.2, 0.25) is 10.0 Å². The Morgan fingerprint density at radius 1 is 1.26 bits per heavy atom. The maximum absolute atomic E-state index is 11.5. The number of rotatable bonds is 3. The van der Waals surface area contributed by atoms with E-state index in [2.05, 4.69) is 5.32 Å². The van der Waals surface area contributed by atoms with E-state index >= 15 is 0 Å². The molecule has 1 aromatic carbocycles. The summed E-state index contributed by atoms with van der Waals surface area (Å²) >= 11 is 0. The molecule has 2 aliphatic rings. The van der Waals surface area contributed by atoms with Crippen LogP contribution >= 0.6 is 0 Å². The molecule has 3 N–H and O–H groups in total. The SMILES string of the molecule is Cc1c(NC2CC3CCC2C3)cccc1S(N)(=O)=O. The minimum absolute atomic E-state index is 0.223. The highest BCUT2D eigenvalue weighted by Gasteiger charge is 2.39. The quantitative estimate of drug-likeness (QED) is 0.892. The topological polar surface area (TPSA) is 72.2 Å². The molecule has 4 nitrogen and oxygen atoms in total. The van der Waals surface area contributed by atoms with Gasteiger partial charge in [0.1, 0.15) is 0 Å². The van der Waals surface area contributed by atoms with E-state index in [1.54, 1.807) is 12.1 Å². The summed E-state index contributed by atoms with van der Waals surface area (Å²) in [6.45, 7) is 1.81. The zero-order valence-corrected chi connectivity index (χ0v) is 11.9. The largest absolute Gasteiger partial charge is 0.382 e. The number of primary sulfonamides is 1. The molecule has 5 heteroatoms. The van der Waals surface area contributed by atoms with Gasteiger partial charge < -0.3 is 5.32 Å². The lowest BCUT2D eigenvalue weighted by atomic mass is 9.95. The van der Waals surface area contributed by atoms with Gasteiger partial charge in [0.25, 0.3) is 0 Å². The van der Waals surface area contributed by atoms with Crippen LogP contribution in [0.15, 0.2) is 23.1 Å². The third kappa shape index (κ3) is 2.37. The molecule has 104 valence electrons. The summed E-state index contributed by atoms with van der Waals surface area (Å²) < 4.78 is 23.0. The first-order chi connectivity index (χ1) is 8.95. The van der Waals surface area contributed by atoms with Crippen molar-refractivity contribution in [3.05, 3.63) is 23.8 Å². The second kappa shape index (κ2) is 4.49. The molecular formula is C14H20N2O2S. The number of anilines is 1. The maximum atomic E-state index is 11.5. The molecule has 2 fully saturated rings. The van der Waals surface area contributed by atoms with Crippen molar-refractivity contribution >= 4 is 15.7 Å². The lowest BCUT2D eigenvalue weighted by molar-refractivity contribution is 0.439. The van der Waals surface area contributed by atoms with Crippen LogP contribution < -0.4 is 10.5 Å². The molecule has 2 aliphatic carbocycles. The van der Waals surface area contributed by atoms with Crippen molar-refractivity contribution in [1.29, 1.82) is 0 Å². The van der Waals surface area contributed by atoms with Gasteiger partial charge >= 0.3 is 0 Å². The second-order valence-corrected chi connectivity index (χ2v) is 7.43. The highest BCUT2D eigenvalue weighted by Crippen LogP contribution is 2.45. The van der Waals surface area contributed by atoms with Crippen LogP contribution in [0.2, 0.25) is 0 Å². The lowest BCUT2D eigenvalue weighted by Gasteiger charge is -2.25. The molecule has 0 saturated heterocycles. The second-order valence-electron chi connectivity index (χ2n) is 5.90. The van der Waals surface area contributed by atoms with Gasteiger partial charge in [-0.1, -0.05) is 12.5 Å². The van der Waals surface area contributed by atoms with Crippen LogP contribution in [0.3, 0.4) is 0 Å². The van der Waals surface area contributed by atoms with Gasteiger partial charge in [0, 0.05) is 11.7 Å². The zero-order valence-electron chi connectivity index (χ0n) is 11.1. The zero-order chi connectivity index (χ0) is 13.6. The van der Waals surface area contributed by atoms with Crippen molar-refractivity contribution < 1.29 is 8.42 Å². The normalized spacial score (nSPS) is 29.7. The van der Waals surface area contributed by atoms with Gasteiger partial charge in [-0.05, 0) is 55.7 Å². The van der Waals surface area contributed by atoms with E-state index in [0.29, 0.717) is 6.04 Å². The number of fused-ring (bicyclic) bond motifs is 2. The van der Waals surface area contributed by atoms with E-state index in [1.165, 1.54) is 25.7 Å². The minimum atomic E-state index is -3.64. The van der Waals surface area contributed by atoms with Crippen LogP contribution in [0.1, 0.15) is 31.2 Å². The summed E-state index contributed by atoms with van der Waals surface area (Å²) in [4.78, 5) is 0.223. The number of hydrogen-bond donors (Lipinski definition) is 2. The number of hydrogen-bond acceptors (Lipinski definition) is 3. The van der Waals surface area contributed by atoms with Gasteiger partial charge in [0.05, 0.1) is 4.90 Å². The number of sulfonamides is 1. The Balaban J connectivity index is 1.86.